The van der Waals surface area contributed by atoms with Crippen LogP contribution in [0.4, 0.5) is 0 Å². The van der Waals surface area contributed by atoms with E-state index in [0.717, 1.165) is 19.3 Å². The van der Waals surface area contributed by atoms with Gasteiger partial charge < -0.3 is 9.90 Å². The Bertz CT molecular complexity index is 93.6. The molecule has 10 heavy (non-hydrogen) atoms. The maximum Gasteiger partial charge on any atom is 1.00 e. The summed E-state index contributed by atoms with van der Waals surface area (Å²) in [5.74, 6) is -1.20. The fraction of sp³-hybridized carbons (Fsp3) is 0.857. The molecule has 0 aromatic carbocycles. The first-order valence-corrected chi connectivity index (χ1v) is 3.39. The predicted molar refractivity (Wildman–Crippen MR) is 33.7 cm³/mol. The molecule has 3 heteroatoms. The Kier molecular flexibility index (Phi) is 8.98. The number of carbonyl (C=O) groups is 1. The van der Waals surface area contributed by atoms with Crippen molar-refractivity contribution in [3.63, 3.8) is 0 Å². The maximum atomic E-state index is 10.1. The second-order valence-corrected chi connectivity index (χ2v) is 2.36. The molecule has 0 aromatic rings. The second kappa shape index (κ2) is 7.10. The van der Waals surface area contributed by atoms with Crippen LogP contribution < -0.4 is 5.11 Å². The summed E-state index contributed by atoms with van der Waals surface area (Å²) >= 11 is 0. The average Bonchev–Trinajstić information content (AvgIpc) is 1.82. The molecule has 0 aliphatic rings. The average molecular weight is 193 g/mol. The quantitative estimate of drug-likeness (QED) is 0.611. The van der Waals surface area contributed by atoms with Crippen LogP contribution in [0, 0.1) is 5.92 Å². The molecule has 0 rings (SSSR count). The molecular formula is C7H13CuO2. The minimum absolute atomic E-state index is 0. The molecule has 0 amide bonds. The van der Waals surface area contributed by atoms with Crippen molar-refractivity contribution in [3.05, 3.63) is 0 Å². The van der Waals surface area contributed by atoms with Crippen LogP contribution in [0.3, 0.4) is 0 Å². The molecule has 0 radical (unpaired) electrons. The Hall–Kier alpha value is -0.0105. The molecule has 2 nitrogen and oxygen atoms in total. The van der Waals surface area contributed by atoms with E-state index in [2.05, 4.69) is 0 Å². The van der Waals surface area contributed by atoms with Crippen LogP contribution >= 0.6 is 0 Å². The molecule has 0 saturated carbocycles. The summed E-state index contributed by atoms with van der Waals surface area (Å²) in [5.41, 5.74) is 0. The van der Waals surface area contributed by atoms with Crippen LogP contribution in [0.15, 0.2) is 0 Å². The van der Waals surface area contributed by atoms with Crippen molar-refractivity contribution in [2.24, 2.45) is 5.92 Å². The molecule has 0 bridgehead atoms. The standard InChI is InChI=1S/C7H14O2.Cu/c1-3-4-5-6(2)7(8)9;/h6H,3-5H2,1-2H3,(H,8,9);/q;+1/p-1. The largest absolute Gasteiger partial charge is 1.00 e. The number of hydrogen-bond donors (Lipinski definition) is 0. The van der Waals surface area contributed by atoms with E-state index >= 15 is 0 Å². The summed E-state index contributed by atoms with van der Waals surface area (Å²) in [6.45, 7) is 3.73. The summed E-state index contributed by atoms with van der Waals surface area (Å²) < 4.78 is 0. The smallest absolute Gasteiger partial charge is 0.550 e. The van der Waals surface area contributed by atoms with Crippen molar-refractivity contribution in [3.8, 4) is 0 Å². The minimum atomic E-state index is -0.927. The van der Waals surface area contributed by atoms with Crippen LogP contribution in [0.2, 0.25) is 0 Å². The fourth-order valence-corrected chi connectivity index (χ4v) is 0.628. The Morgan fingerprint density at radius 1 is 1.60 bits per heavy atom. The van der Waals surface area contributed by atoms with Gasteiger partial charge >= 0.3 is 17.1 Å². The molecule has 0 aliphatic heterocycles. The van der Waals surface area contributed by atoms with Gasteiger partial charge in [-0.15, -0.1) is 0 Å². The van der Waals surface area contributed by atoms with Gasteiger partial charge in [-0.25, -0.2) is 0 Å². The maximum absolute atomic E-state index is 10.1. The van der Waals surface area contributed by atoms with Gasteiger partial charge in [0.15, 0.2) is 0 Å². The van der Waals surface area contributed by atoms with Gasteiger partial charge in [0.2, 0.25) is 0 Å². The van der Waals surface area contributed by atoms with E-state index in [4.69, 9.17) is 0 Å². The van der Waals surface area contributed by atoms with Gasteiger partial charge in [0, 0.05) is 5.97 Å². The van der Waals surface area contributed by atoms with Gasteiger partial charge in [-0.3, -0.25) is 0 Å². The molecule has 0 aromatic heterocycles. The fourth-order valence-electron chi connectivity index (χ4n) is 0.628. The number of aliphatic carboxylic acids is 1. The van der Waals surface area contributed by atoms with E-state index in [1.165, 1.54) is 0 Å². The Morgan fingerprint density at radius 3 is 2.40 bits per heavy atom. The van der Waals surface area contributed by atoms with Gasteiger partial charge in [-0.1, -0.05) is 26.7 Å². The first-order valence-electron chi connectivity index (χ1n) is 3.39. The monoisotopic (exact) mass is 192 g/mol. The summed E-state index contributed by atoms with van der Waals surface area (Å²) in [6.07, 6.45) is 2.78. The van der Waals surface area contributed by atoms with Crippen molar-refractivity contribution in [2.75, 3.05) is 0 Å². The molecule has 0 aliphatic carbocycles. The number of hydrogen-bond acceptors (Lipinski definition) is 2. The molecule has 1 unspecified atom stereocenters. The second-order valence-electron chi connectivity index (χ2n) is 2.36. The normalized spacial score (nSPS) is 11.8. The SMILES string of the molecule is CCCCC(C)C(=O)[O-].[Cu+]. The van der Waals surface area contributed by atoms with Gasteiger partial charge in [0.1, 0.15) is 0 Å². The molecule has 0 spiro atoms. The minimum Gasteiger partial charge on any atom is -0.550 e. The molecule has 0 saturated heterocycles. The number of unbranched alkanes of at least 4 members (excludes halogenated alkanes) is 1. The van der Waals surface area contributed by atoms with Gasteiger partial charge in [0.25, 0.3) is 0 Å². The van der Waals surface area contributed by atoms with E-state index in [-0.39, 0.29) is 23.0 Å². The van der Waals surface area contributed by atoms with E-state index in [1.54, 1.807) is 6.92 Å². The van der Waals surface area contributed by atoms with Crippen molar-refractivity contribution >= 4 is 5.97 Å². The van der Waals surface area contributed by atoms with E-state index < -0.39 is 5.97 Å². The van der Waals surface area contributed by atoms with Crippen molar-refractivity contribution in [1.29, 1.82) is 0 Å². The number of carbonyl (C=O) groups excluding carboxylic acids is 1. The molecule has 0 N–H and O–H groups in total. The van der Waals surface area contributed by atoms with Crippen molar-refractivity contribution in [2.45, 2.75) is 33.1 Å². The van der Waals surface area contributed by atoms with Gasteiger partial charge in [-0.05, 0) is 12.3 Å². The third kappa shape index (κ3) is 6.11. The zero-order valence-corrected chi connectivity index (χ0v) is 7.26. The van der Waals surface area contributed by atoms with Gasteiger partial charge in [0.05, 0.1) is 0 Å². The van der Waals surface area contributed by atoms with Crippen LogP contribution in [-0.2, 0) is 21.9 Å². The summed E-state index contributed by atoms with van der Waals surface area (Å²) in [7, 11) is 0. The first-order chi connectivity index (χ1) is 4.18. The van der Waals surface area contributed by atoms with Crippen molar-refractivity contribution in [1.82, 2.24) is 0 Å². The summed E-state index contributed by atoms with van der Waals surface area (Å²) in [5, 5.41) is 10.1. The number of rotatable bonds is 4. The molecule has 64 valence electrons. The van der Waals surface area contributed by atoms with Crippen LogP contribution in [0.25, 0.3) is 0 Å². The zero-order chi connectivity index (χ0) is 7.28. The summed E-state index contributed by atoms with van der Waals surface area (Å²) in [4.78, 5) is 10.1. The topological polar surface area (TPSA) is 40.1 Å². The number of carboxylic acid groups (broad SMARTS) is 1. The van der Waals surface area contributed by atoms with E-state index in [0.29, 0.717) is 0 Å². The molecular weight excluding hydrogens is 180 g/mol. The third-order valence-electron chi connectivity index (χ3n) is 1.39. The Balaban J connectivity index is 0. The molecule has 0 heterocycles. The predicted octanol–water partition coefficient (Wildman–Crippen LogP) is 0.560. The third-order valence-corrected chi connectivity index (χ3v) is 1.39. The summed E-state index contributed by atoms with van der Waals surface area (Å²) in [6, 6.07) is 0. The zero-order valence-electron chi connectivity index (χ0n) is 6.32. The Morgan fingerprint density at radius 2 is 2.10 bits per heavy atom. The van der Waals surface area contributed by atoms with Crippen LogP contribution in [-0.4, -0.2) is 5.97 Å². The molecule has 1 atom stereocenters. The van der Waals surface area contributed by atoms with E-state index in [1.807, 2.05) is 6.92 Å². The number of carboxylic acids is 1. The Labute approximate surface area is 72.5 Å². The van der Waals surface area contributed by atoms with Crippen molar-refractivity contribution < 1.29 is 27.0 Å². The van der Waals surface area contributed by atoms with Gasteiger partial charge in [-0.2, -0.15) is 0 Å². The first kappa shape index (κ1) is 12.6. The molecule has 0 fully saturated rings. The van der Waals surface area contributed by atoms with Crippen LogP contribution in [0.1, 0.15) is 33.1 Å². The van der Waals surface area contributed by atoms with E-state index in [9.17, 15) is 9.90 Å². The van der Waals surface area contributed by atoms with Crippen LogP contribution in [0.5, 0.6) is 0 Å².